The minimum absolute atomic E-state index is 0.103. The smallest absolute Gasteiger partial charge is 0.274 e. The molecule has 0 unspecified atom stereocenters. The molecule has 3 N–H and O–H groups in total. The Morgan fingerprint density at radius 1 is 1.13 bits per heavy atom. The first kappa shape index (κ1) is 19.3. The number of anilines is 1. The Kier molecular flexibility index (Phi) is 4.67. The summed E-state index contributed by atoms with van der Waals surface area (Å²) in [4.78, 5) is 18.2. The second-order valence-corrected chi connectivity index (χ2v) is 7.49. The molecule has 2 heterocycles. The Morgan fingerprint density at radius 3 is 2.71 bits per heavy atom. The third-order valence-corrected chi connectivity index (χ3v) is 5.72. The number of amides is 1. The lowest BCUT2D eigenvalue weighted by molar-refractivity contribution is 0.0985. The van der Waals surface area contributed by atoms with E-state index in [-0.39, 0.29) is 24.9 Å². The van der Waals surface area contributed by atoms with Gasteiger partial charge in [0.15, 0.2) is 11.5 Å². The summed E-state index contributed by atoms with van der Waals surface area (Å²) in [6.45, 7) is 0.596. The number of rotatable bonds is 5. The van der Waals surface area contributed by atoms with Gasteiger partial charge in [0.1, 0.15) is 18.1 Å². The molecule has 1 aromatic heterocycles. The molecule has 0 bridgehead atoms. The van der Waals surface area contributed by atoms with Gasteiger partial charge in [0.25, 0.3) is 5.91 Å². The molecule has 0 saturated carbocycles. The van der Waals surface area contributed by atoms with Gasteiger partial charge in [-0.1, -0.05) is 24.3 Å². The summed E-state index contributed by atoms with van der Waals surface area (Å²) in [7, 11) is 1.54. The number of carbonyl (C=O) groups excluding carboxylic acids is 1. The number of nitrogens with zero attached hydrogens (tertiary/aromatic N) is 1. The fraction of sp³-hybridized carbons (Fsp3) is 0.208. The Hall–Kier alpha value is -3.71. The first-order chi connectivity index (χ1) is 15.1. The fourth-order valence-corrected chi connectivity index (χ4v) is 4.29. The topological polar surface area (TPSA) is 95.0 Å². The molecule has 158 valence electrons. The van der Waals surface area contributed by atoms with Crippen molar-refractivity contribution < 1.29 is 24.5 Å². The van der Waals surface area contributed by atoms with E-state index in [0.717, 1.165) is 39.3 Å². The number of H-pyrrole nitrogens is 1. The fourth-order valence-electron chi connectivity index (χ4n) is 4.29. The first-order valence-corrected chi connectivity index (χ1v) is 10.1. The van der Waals surface area contributed by atoms with E-state index in [2.05, 4.69) is 4.98 Å². The van der Waals surface area contributed by atoms with Gasteiger partial charge in [0, 0.05) is 35.0 Å². The number of hydrogen-bond donors (Lipinski definition) is 3. The van der Waals surface area contributed by atoms with Crippen LogP contribution in [0.25, 0.3) is 21.7 Å². The predicted molar refractivity (Wildman–Crippen MR) is 118 cm³/mol. The van der Waals surface area contributed by atoms with E-state index in [9.17, 15) is 9.90 Å². The van der Waals surface area contributed by atoms with Crippen molar-refractivity contribution in [2.45, 2.75) is 6.42 Å². The number of nitrogens with one attached hydrogen (secondary N) is 1. The Morgan fingerprint density at radius 2 is 1.94 bits per heavy atom. The van der Waals surface area contributed by atoms with Crippen molar-refractivity contribution in [3.05, 3.63) is 59.8 Å². The summed E-state index contributed by atoms with van der Waals surface area (Å²) in [6, 6.07) is 14.7. The molecule has 0 aliphatic carbocycles. The average molecular weight is 418 g/mol. The van der Waals surface area contributed by atoms with Crippen LogP contribution in [0.4, 0.5) is 5.69 Å². The van der Waals surface area contributed by atoms with Gasteiger partial charge in [0.05, 0.1) is 19.4 Å². The minimum Gasteiger partial charge on any atom is -0.507 e. The lowest BCUT2D eigenvalue weighted by atomic mass is 10.0. The van der Waals surface area contributed by atoms with E-state index in [1.54, 1.807) is 36.3 Å². The number of phenols is 1. The van der Waals surface area contributed by atoms with Crippen molar-refractivity contribution in [3.8, 4) is 17.2 Å². The van der Waals surface area contributed by atoms with Crippen LogP contribution in [0.5, 0.6) is 17.2 Å². The van der Waals surface area contributed by atoms with Crippen LogP contribution in [-0.4, -0.2) is 48.0 Å². The van der Waals surface area contributed by atoms with Crippen LogP contribution in [0.3, 0.4) is 0 Å². The van der Waals surface area contributed by atoms with Crippen molar-refractivity contribution >= 4 is 33.3 Å². The number of aromatic amines is 1. The number of methoxy groups -OCH3 is 1. The van der Waals surface area contributed by atoms with Crippen molar-refractivity contribution in [1.82, 2.24) is 4.98 Å². The second kappa shape index (κ2) is 7.52. The second-order valence-electron chi connectivity index (χ2n) is 7.49. The van der Waals surface area contributed by atoms with E-state index in [4.69, 9.17) is 14.6 Å². The lowest BCUT2D eigenvalue weighted by Crippen LogP contribution is -2.29. The summed E-state index contributed by atoms with van der Waals surface area (Å²) in [5.41, 5.74) is 3.00. The molecule has 5 rings (SSSR count). The van der Waals surface area contributed by atoms with Crippen LogP contribution < -0.4 is 14.4 Å². The molecule has 4 aromatic rings. The van der Waals surface area contributed by atoms with Gasteiger partial charge in [-0.3, -0.25) is 4.79 Å². The number of benzene rings is 3. The number of hydrogen-bond acceptors (Lipinski definition) is 5. The van der Waals surface area contributed by atoms with Crippen molar-refractivity contribution in [2.75, 3.05) is 31.8 Å². The minimum atomic E-state index is -0.165. The van der Waals surface area contributed by atoms with Gasteiger partial charge >= 0.3 is 0 Å². The molecule has 0 atom stereocenters. The van der Waals surface area contributed by atoms with Gasteiger partial charge in [-0.15, -0.1) is 0 Å². The molecule has 1 aliphatic heterocycles. The molecule has 1 aliphatic rings. The summed E-state index contributed by atoms with van der Waals surface area (Å²) < 4.78 is 10.9. The third kappa shape index (κ3) is 3.14. The predicted octanol–water partition coefficient (Wildman–Crippen LogP) is 3.61. The Bertz CT molecular complexity index is 1310. The van der Waals surface area contributed by atoms with Crippen LogP contribution in [0, 0.1) is 0 Å². The maximum absolute atomic E-state index is 13.4. The highest BCUT2D eigenvalue weighted by atomic mass is 16.5. The zero-order valence-electron chi connectivity index (χ0n) is 17.0. The maximum atomic E-state index is 13.4. The zero-order valence-corrected chi connectivity index (χ0v) is 17.0. The number of fused-ring (bicyclic) bond motifs is 4. The van der Waals surface area contributed by atoms with Crippen molar-refractivity contribution in [3.63, 3.8) is 0 Å². The van der Waals surface area contributed by atoms with Gasteiger partial charge in [0.2, 0.25) is 0 Å². The standard InChI is InChI=1S/C24H22N2O5/c1-30-22-12-18-14(11-23(22)31-9-8-27)10-19(25-18)24(29)26-7-6-16-15-4-2-3-5-17(15)21(28)13-20(16)26/h2-5,10-13,25,27-28H,6-9H2,1H3. The summed E-state index contributed by atoms with van der Waals surface area (Å²) in [5.74, 6) is 1.03. The number of phenolic OH excluding ortho intramolecular Hbond substituents is 1. The summed E-state index contributed by atoms with van der Waals surface area (Å²) in [6.07, 6.45) is 0.731. The molecule has 0 fully saturated rings. The Labute approximate surface area is 178 Å². The number of ether oxygens (including phenoxy) is 2. The van der Waals surface area contributed by atoms with Gasteiger partial charge in [-0.05, 0) is 29.5 Å². The Balaban J connectivity index is 1.53. The van der Waals surface area contributed by atoms with Crippen LogP contribution in [0.1, 0.15) is 16.1 Å². The normalized spacial score (nSPS) is 13.0. The number of aliphatic hydroxyl groups is 1. The van der Waals surface area contributed by atoms with Crippen molar-refractivity contribution in [2.24, 2.45) is 0 Å². The highest BCUT2D eigenvalue weighted by Crippen LogP contribution is 2.40. The average Bonchev–Trinajstić information content (AvgIpc) is 3.40. The molecule has 0 spiro atoms. The van der Waals surface area contributed by atoms with Crippen LogP contribution in [-0.2, 0) is 6.42 Å². The molecule has 7 nitrogen and oxygen atoms in total. The monoisotopic (exact) mass is 418 g/mol. The molecule has 0 saturated heterocycles. The van der Waals surface area contributed by atoms with Crippen LogP contribution in [0.15, 0.2) is 48.5 Å². The number of aromatic nitrogens is 1. The van der Waals surface area contributed by atoms with E-state index in [1.165, 1.54) is 0 Å². The summed E-state index contributed by atoms with van der Waals surface area (Å²) >= 11 is 0. The number of carbonyl (C=O) groups is 1. The lowest BCUT2D eigenvalue weighted by Gasteiger charge is -2.17. The van der Waals surface area contributed by atoms with E-state index in [0.29, 0.717) is 23.7 Å². The third-order valence-electron chi connectivity index (χ3n) is 5.72. The highest BCUT2D eigenvalue weighted by Gasteiger charge is 2.29. The molecular formula is C24H22N2O5. The largest absolute Gasteiger partial charge is 0.507 e. The molecular weight excluding hydrogens is 396 g/mol. The number of aromatic hydroxyl groups is 1. The molecule has 0 radical (unpaired) electrons. The molecule has 3 aromatic carbocycles. The van der Waals surface area contributed by atoms with Crippen molar-refractivity contribution in [1.29, 1.82) is 0 Å². The van der Waals surface area contributed by atoms with Gasteiger partial charge < -0.3 is 29.6 Å². The van der Waals surface area contributed by atoms with E-state index in [1.807, 2.05) is 24.3 Å². The van der Waals surface area contributed by atoms with Gasteiger partial charge in [-0.25, -0.2) is 0 Å². The maximum Gasteiger partial charge on any atom is 0.274 e. The van der Waals surface area contributed by atoms with Gasteiger partial charge in [-0.2, -0.15) is 0 Å². The molecule has 1 amide bonds. The van der Waals surface area contributed by atoms with E-state index >= 15 is 0 Å². The van der Waals surface area contributed by atoms with E-state index < -0.39 is 0 Å². The summed E-state index contributed by atoms with van der Waals surface area (Å²) in [5, 5.41) is 22.1. The first-order valence-electron chi connectivity index (χ1n) is 10.1. The quantitative estimate of drug-likeness (QED) is 0.460. The number of aliphatic hydroxyl groups excluding tert-OH is 1. The molecule has 7 heteroatoms. The molecule has 31 heavy (non-hydrogen) atoms. The van der Waals surface area contributed by atoms with Crippen LogP contribution in [0.2, 0.25) is 0 Å². The van der Waals surface area contributed by atoms with Crippen LogP contribution >= 0.6 is 0 Å². The SMILES string of the molecule is COc1cc2[nH]c(C(=O)N3CCc4c3cc(O)c3ccccc43)cc2cc1OCCO. The highest BCUT2D eigenvalue weighted by molar-refractivity contribution is 6.11. The zero-order chi connectivity index (χ0) is 21.5.